The van der Waals surface area contributed by atoms with Gasteiger partial charge in [0.25, 0.3) is 0 Å². The van der Waals surface area contributed by atoms with E-state index in [0.29, 0.717) is 0 Å². The molecule has 0 aromatic carbocycles. The van der Waals surface area contributed by atoms with Crippen molar-refractivity contribution in [3.63, 3.8) is 0 Å². The first-order valence-corrected chi connectivity index (χ1v) is 7.55. The molecule has 0 saturated carbocycles. The molecule has 0 aromatic rings. The summed E-state index contributed by atoms with van der Waals surface area (Å²) in [5.41, 5.74) is 0. The number of unbranched alkanes of at least 4 members (excludes halogenated alkanes) is 6. The molecule has 92 valence electrons. The maximum absolute atomic E-state index is 4.24. The lowest BCUT2D eigenvalue weighted by molar-refractivity contribution is 0.442. The van der Waals surface area contributed by atoms with Crippen LogP contribution < -0.4 is 0 Å². The second kappa shape index (κ2) is 12.4. The van der Waals surface area contributed by atoms with E-state index in [-0.39, 0.29) is 0 Å². The van der Waals surface area contributed by atoms with Gasteiger partial charge in [-0.3, -0.25) is 0 Å². The molecule has 1 atom stereocenters. The Bertz CT molecular complexity index is 112. The quantitative estimate of drug-likeness (QED) is 0.353. The molecule has 0 rings (SSSR count). The normalized spacial score (nSPS) is 13.0. The highest BCUT2D eigenvalue weighted by Gasteiger charge is 2.01. The van der Waals surface area contributed by atoms with Crippen molar-refractivity contribution in [2.75, 3.05) is 5.75 Å². The molecule has 0 aliphatic heterocycles. The molecular formula is C14H30S. The maximum Gasteiger partial charge on any atom is -0.00979 e. The molecule has 0 aliphatic carbocycles. The highest BCUT2D eigenvalue weighted by molar-refractivity contribution is 7.80. The zero-order valence-corrected chi connectivity index (χ0v) is 11.7. The molecule has 0 heterocycles. The van der Waals surface area contributed by atoms with Crippen LogP contribution in [0.25, 0.3) is 0 Å². The van der Waals surface area contributed by atoms with Gasteiger partial charge in [0.05, 0.1) is 0 Å². The lowest BCUT2D eigenvalue weighted by Crippen LogP contribution is -1.95. The van der Waals surface area contributed by atoms with Crippen molar-refractivity contribution in [2.24, 2.45) is 5.92 Å². The van der Waals surface area contributed by atoms with E-state index in [9.17, 15) is 0 Å². The highest BCUT2D eigenvalue weighted by Crippen LogP contribution is 2.17. The first kappa shape index (κ1) is 15.3. The Balaban J connectivity index is 3.06. The van der Waals surface area contributed by atoms with Crippen LogP contribution in [0.15, 0.2) is 0 Å². The fourth-order valence-electron chi connectivity index (χ4n) is 2.02. The van der Waals surface area contributed by atoms with Crippen molar-refractivity contribution in [3.05, 3.63) is 0 Å². The van der Waals surface area contributed by atoms with E-state index >= 15 is 0 Å². The van der Waals surface area contributed by atoms with Crippen LogP contribution in [0, 0.1) is 5.92 Å². The van der Waals surface area contributed by atoms with E-state index in [1.165, 1.54) is 64.2 Å². The monoisotopic (exact) mass is 230 g/mol. The minimum absolute atomic E-state index is 0.941. The Kier molecular flexibility index (Phi) is 12.7. The third-order valence-electron chi connectivity index (χ3n) is 3.16. The van der Waals surface area contributed by atoms with Gasteiger partial charge in [-0.2, -0.15) is 12.6 Å². The molecule has 0 saturated heterocycles. The predicted octanol–water partition coefficient (Wildman–Crippen LogP) is 5.47. The Morgan fingerprint density at radius 1 is 0.800 bits per heavy atom. The Morgan fingerprint density at radius 3 is 1.93 bits per heavy atom. The van der Waals surface area contributed by atoms with Crippen molar-refractivity contribution >= 4 is 12.6 Å². The molecular weight excluding hydrogens is 200 g/mol. The van der Waals surface area contributed by atoms with E-state index in [4.69, 9.17) is 0 Å². The van der Waals surface area contributed by atoms with Crippen LogP contribution in [-0.4, -0.2) is 5.75 Å². The van der Waals surface area contributed by atoms with Gasteiger partial charge in [-0.25, -0.2) is 0 Å². The zero-order valence-electron chi connectivity index (χ0n) is 10.8. The first-order valence-electron chi connectivity index (χ1n) is 6.92. The Hall–Kier alpha value is 0.350. The molecule has 0 spiro atoms. The molecule has 0 aromatic heterocycles. The molecule has 0 aliphatic rings. The second-order valence-electron chi connectivity index (χ2n) is 4.88. The van der Waals surface area contributed by atoms with Crippen molar-refractivity contribution in [1.29, 1.82) is 0 Å². The summed E-state index contributed by atoms with van der Waals surface area (Å²) in [7, 11) is 0. The van der Waals surface area contributed by atoms with Crippen LogP contribution in [-0.2, 0) is 0 Å². The lowest BCUT2D eigenvalue weighted by atomic mass is 9.97. The van der Waals surface area contributed by atoms with Gasteiger partial charge in [0.2, 0.25) is 0 Å². The molecule has 0 fully saturated rings. The first-order chi connectivity index (χ1) is 7.31. The molecule has 0 N–H and O–H groups in total. The van der Waals surface area contributed by atoms with Crippen LogP contribution in [0.3, 0.4) is 0 Å². The van der Waals surface area contributed by atoms with Crippen molar-refractivity contribution in [2.45, 2.75) is 78.1 Å². The predicted molar refractivity (Wildman–Crippen MR) is 74.9 cm³/mol. The Morgan fingerprint density at radius 2 is 1.33 bits per heavy atom. The fraction of sp³-hybridized carbons (Fsp3) is 1.00. The van der Waals surface area contributed by atoms with Crippen molar-refractivity contribution in [1.82, 2.24) is 0 Å². The van der Waals surface area contributed by atoms with Gasteiger partial charge < -0.3 is 0 Å². The van der Waals surface area contributed by atoms with Gasteiger partial charge in [-0.05, 0) is 18.1 Å². The van der Waals surface area contributed by atoms with E-state index in [2.05, 4.69) is 26.5 Å². The SMILES string of the molecule is CCCCCCCCC(C)CCCCS. The van der Waals surface area contributed by atoms with E-state index in [1.807, 2.05) is 0 Å². The molecule has 1 heteroatoms. The van der Waals surface area contributed by atoms with Gasteiger partial charge in [-0.15, -0.1) is 0 Å². The summed E-state index contributed by atoms with van der Waals surface area (Å²) in [6, 6.07) is 0. The average molecular weight is 230 g/mol. The van der Waals surface area contributed by atoms with Gasteiger partial charge in [0.1, 0.15) is 0 Å². The minimum Gasteiger partial charge on any atom is -0.179 e. The van der Waals surface area contributed by atoms with Crippen LogP contribution in [0.4, 0.5) is 0 Å². The van der Waals surface area contributed by atoms with Crippen LogP contribution in [0.2, 0.25) is 0 Å². The van der Waals surface area contributed by atoms with Gasteiger partial charge in [0, 0.05) is 0 Å². The second-order valence-corrected chi connectivity index (χ2v) is 5.33. The van der Waals surface area contributed by atoms with Crippen LogP contribution >= 0.6 is 12.6 Å². The number of hydrogen-bond donors (Lipinski definition) is 1. The van der Waals surface area contributed by atoms with Crippen LogP contribution in [0.5, 0.6) is 0 Å². The summed E-state index contributed by atoms with van der Waals surface area (Å²) in [5.74, 6) is 2.00. The largest absolute Gasteiger partial charge is 0.179 e. The molecule has 0 nitrogen and oxygen atoms in total. The minimum atomic E-state index is 0.941. The summed E-state index contributed by atoms with van der Waals surface area (Å²) < 4.78 is 0. The maximum atomic E-state index is 4.24. The number of hydrogen-bond acceptors (Lipinski definition) is 1. The molecule has 0 bridgehead atoms. The van der Waals surface area contributed by atoms with Crippen LogP contribution in [0.1, 0.15) is 78.1 Å². The van der Waals surface area contributed by atoms with Crippen molar-refractivity contribution < 1.29 is 0 Å². The molecule has 0 amide bonds. The van der Waals surface area contributed by atoms with Gasteiger partial charge in [0.15, 0.2) is 0 Å². The summed E-state index contributed by atoms with van der Waals surface area (Å²) in [5, 5.41) is 0. The standard InChI is InChI=1S/C14H30S/c1-3-4-5-6-7-8-11-14(2)12-9-10-13-15/h14-15H,3-13H2,1-2H3. The van der Waals surface area contributed by atoms with Crippen molar-refractivity contribution in [3.8, 4) is 0 Å². The summed E-state index contributed by atoms with van der Waals surface area (Å²) >= 11 is 4.24. The Labute approximate surface area is 103 Å². The van der Waals surface area contributed by atoms with E-state index < -0.39 is 0 Å². The molecule has 15 heavy (non-hydrogen) atoms. The fourth-order valence-corrected chi connectivity index (χ4v) is 2.25. The summed E-state index contributed by atoms with van der Waals surface area (Å²) in [4.78, 5) is 0. The number of thiol groups is 1. The third kappa shape index (κ3) is 12.3. The smallest absolute Gasteiger partial charge is 0.00979 e. The lowest BCUT2D eigenvalue weighted by Gasteiger charge is -2.10. The third-order valence-corrected chi connectivity index (χ3v) is 3.47. The summed E-state index contributed by atoms with van der Waals surface area (Å²) in [6.07, 6.45) is 14.1. The van der Waals surface area contributed by atoms with E-state index in [0.717, 1.165) is 11.7 Å². The topological polar surface area (TPSA) is 0 Å². The highest BCUT2D eigenvalue weighted by atomic mass is 32.1. The molecule has 1 unspecified atom stereocenters. The molecule has 0 radical (unpaired) electrons. The zero-order chi connectivity index (χ0) is 11.4. The van der Waals surface area contributed by atoms with E-state index in [1.54, 1.807) is 0 Å². The average Bonchev–Trinajstić information content (AvgIpc) is 2.23. The number of rotatable bonds is 11. The summed E-state index contributed by atoms with van der Waals surface area (Å²) in [6.45, 7) is 4.69. The van der Waals surface area contributed by atoms with Gasteiger partial charge in [-0.1, -0.05) is 71.6 Å². The van der Waals surface area contributed by atoms with Gasteiger partial charge >= 0.3 is 0 Å².